The van der Waals surface area contributed by atoms with Gasteiger partial charge in [-0.15, -0.1) is 0 Å². The summed E-state index contributed by atoms with van der Waals surface area (Å²) in [5.74, 6) is -1.02. The van der Waals surface area contributed by atoms with Crippen molar-refractivity contribution in [1.82, 2.24) is 4.90 Å². The summed E-state index contributed by atoms with van der Waals surface area (Å²) in [5, 5.41) is 31.2. The number of fused-ring (bicyclic) bond motifs is 1. The molecule has 0 bridgehead atoms. The molecule has 9 heteroatoms. The number of phenols is 2. The summed E-state index contributed by atoms with van der Waals surface area (Å²) in [4.78, 5) is 2.34. The number of alkyl halides is 3. The number of likely N-dealkylation sites (tertiary alicyclic amines) is 1. The lowest BCUT2D eigenvalue weighted by molar-refractivity contribution is -0.288. The fourth-order valence-corrected chi connectivity index (χ4v) is 5.48. The minimum absolute atomic E-state index is 0.118. The maximum Gasteiger partial charge on any atom is 0.422 e. The zero-order valence-electron chi connectivity index (χ0n) is 20.9. The predicted molar refractivity (Wildman–Crippen MR) is 134 cm³/mol. The van der Waals surface area contributed by atoms with Crippen molar-refractivity contribution in [2.24, 2.45) is 5.92 Å². The van der Waals surface area contributed by atoms with E-state index < -0.39 is 29.4 Å². The van der Waals surface area contributed by atoms with Gasteiger partial charge in [0.15, 0.2) is 5.60 Å². The van der Waals surface area contributed by atoms with Crippen molar-refractivity contribution in [3.8, 4) is 23.0 Å². The van der Waals surface area contributed by atoms with Crippen molar-refractivity contribution in [3.05, 3.63) is 83.4 Å². The van der Waals surface area contributed by atoms with Gasteiger partial charge in [0.1, 0.15) is 35.7 Å². The monoisotopic (exact) mass is 529 g/mol. The van der Waals surface area contributed by atoms with E-state index in [-0.39, 0.29) is 22.8 Å². The number of nitrogens with zero attached hydrogens (tertiary/aromatic N) is 1. The molecule has 1 fully saturated rings. The van der Waals surface area contributed by atoms with E-state index in [9.17, 15) is 28.5 Å². The second-order valence-electron chi connectivity index (χ2n) is 10.2. The Morgan fingerprint density at radius 2 is 1.63 bits per heavy atom. The third kappa shape index (κ3) is 4.88. The first-order valence-electron chi connectivity index (χ1n) is 12.6. The van der Waals surface area contributed by atoms with Gasteiger partial charge in [-0.05, 0) is 66.4 Å². The summed E-state index contributed by atoms with van der Waals surface area (Å²) in [6.07, 6.45) is -5.18. The van der Waals surface area contributed by atoms with Gasteiger partial charge in [0, 0.05) is 24.7 Å². The summed E-state index contributed by atoms with van der Waals surface area (Å²) in [6, 6.07) is 15.0. The van der Waals surface area contributed by atoms with Gasteiger partial charge >= 0.3 is 6.18 Å². The van der Waals surface area contributed by atoms with Crippen molar-refractivity contribution in [2.45, 2.75) is 37.1 Å². The van der Waals surface area contributed by atoms with Crippen LogP contribution in [0.15, 0.2) is 66.7 Å². The smallest absolute Gasteiger partial charge is 0.422 e. The van der Waals surface area contributed by atoms with Crippen LogP contribution in [0.4, 0.5) is 13.2 Å². The fraction of sp³-hybridized carbons (Fsp3) is 0.379. The minimum atomic E-state index is -5.08. The van der Waals surface area contributed by atoms with E-state index in [4.69, 9.17) is 9.47 Å². The molecule has 0 amide bonds. The molecule has 202 valence electrons. The molecule has 0 aromatic heterocycles. The number of phenolic OH excluding ortho intramolecular Hbond substituents is 2. The highest BCUT2D eigenvalue weighted by atomic mass is 19.4. The number of hydrogen-bond acceptors (Lipinski definition) is 6. The van der Waals surface area contributed by atoms with E-state index in [1.54, 1.807) is 24.3 Å². The van der Waals surface area contributed by atoms with Crippen LogP contribution in [-0.4, -0.2) is 52.6 Å². The number of hydrogen-bond donors (Lipinski definition) is 3. The van der Waals surface area contributed by atoms with Crippen LogP contribution in [0.1, 0.15) is 42.1 Å². The molecule has 0 radical (unpaired) electrons. The zero-order chi connectivity index (χ0) is 27.1. The maximum atomic E-state index is 14.7. The van der Waals surface area contributed by atoms with Crippen LogP contribution in [0.5, 0.6) is 23.0 Å². The van der Waals surface area contributed by atoms with Crippen LogP contribution in [0.2, 0.25) is 0 Å². The molecule has 2 heterocycles. The Morgan fingerprint density at radius 3 is 2.26 bits per heavy atom. The van der Waals surface area contributed by atoms with Gasteiger partial charge in [0.2, 0.25) is 0 Å². The lowest BCUT2D eigenvalue weighted by Crippen LogP contribution is -2.52. The van der Waals surface area contributed by atoms with Gasteiger partial charge in [-0.3, -0.25) is 4.90 Å². The molecule has 6 nitrogen and oxygen atoms in total. The number of benzene rings is 3. The molecule has 2 aliphatic rings. The molecule has 4 atom stereocenters. The maximum absolute atomic E-state index is 14.7. The molecule has 0 saturated carbocycles. The lowest BCUT2D eigenvalue weighted by Gasteiger charge is -2.46. The van der Waals surface area contributed by atoms with Crippen LogP contribution in [0.3, 0.4) is 0 Å². The number of aliphatic hydroxyl groups is 1. The van der Waals surface area contributed by atoms with Crippen molar-refractivity contribution >= 4 is 0 Å². The first-order valence-corrected chi connectivity index (χ1v) is 12.6. The standard InChI is InChI=1S/C29H30F3NO5/c1-18-12-13-33(17-18)14-15-37-23-9-4-20(5-10-23)27-26(19-2-6-21(34)7-3-19)28(36,29(30,31)32)24-11-8-22(35)16-25(24)38-27/h2-11,16,18,26-27,34-36H,12-15,17H2,1H3. The van der Waals surface area contributed by atoms with Gasteiger partial charge in [-0.1, -0.05) is 31.2 Å². The fourth-order valence-electron chi connectivity index (χ4n) is 5.48. The molecule has 3 N–H and O–H groups in total. The Kier molecular flexibility index (Phi) is 6.92. The highest BCUT2D eigenvalue weighted by Crippen LogP contribution is 2.60. The Labute approximate surface area is 218 Å². The highest BCUT2D eigenvalue weighted by molar-refractivity contribution is 5.51. The van der Waals surface area contributed by atoms with Crippen LogP contribution in [0.25, 0.3) is 0 Å². The van der Waals surface area contributed by atoms with Crippen LogP contribution in [0, 0.1) is 5.92 Å². The van der Waals surface area contributed by atoms with E-state index >= 15 is 0 Å². The number of halogens is 3. The molecule has 4 unspecified atom stereocenters. The SMILES string of the molecule is CC1CCN(CCOc2ccc(C3Oc4cc(O)ccc4C(O)(C(F)(F)F)C3c3ccc(O)cc3)cc2)C1. The molecule has 38 heavy (non-hydrogen) atoms. The first kappa shape index (κ1) is 26.2. The van der Waals surface area contributed by atoms with E-state index in [1.165, 1.54) is 30.7 Å². The van der Waals surface area contributed by atoms with E-state index in [0.717, 1.165) is 37.8 Å². The van der Waals surface area contributed by atoms with Crippen molar-refractivity contribution in [3.63, 3.8) is 0 Å². The van der Waals surface area contributed by atoms with E-state index in [1.807, 2.05) is 0 Å². The predicted octanol–water partition coefficient (Wildman–Crippen LogP) is 5.49. The highest BCUT2D eigenvalue weighted by Gasteiger charge is 2.65. The average molecular weight is 530 g/mol. The number of ether oxygens (including phenoxy) is 2. The second-order valence-corrected chi connectivity index (χ2v) is 10.2. The quantitative estimate of drug-likeness (QED) is 0.392. The van der Waals surface area contributed by atoms with Crippen molar-refractivity contribution < 1.29 is 38.0 Å². The molecule has 0 aliphatic carbocycles. The lowest BCUT2D eigenvalue weighted by atomic mass is 9.70. The molecule has 3 aromatic carbocycles. The average Bonchev–Trinajstić information content (AvgIpc) is 3.29. The Hall–Kier alpha value is -3.43. The van der Waals surface area contributed by atoms with Crippen LogP contribution < -0.4 is 9.47 Å². The van der Waals surface area contributed by atoms with Gasteiger partial charge in [-0.2, -0.15) is 13.2 Å². The summed E-state index contributed by atoms with van der Waals surface area (Å²) < 4.78 is 56.1. The van der Waals surface area contributed by atoms with Crippen molar-refractivity contribution in [2.75, 3.05) is 26.2 Å². The molecule has 2 aliphatic heterocycles. The first-order chi connectivity index (χ1) is 18.1. The zero-order valence-corrected chi connectivity index (χ0v) is 20.9. The number of rotatable bonds is 6. The van der Waals surface area contributed by atoms with E-state index in [2.05, 4.69) is 11.8 Å². The summed E-state index contributed by atoms with van der Waals surface area (Å²) in [5.41, 5.74) is -3.31. The Balaban J connectivity index is 1.48. The molecule has 1 saturated heterocycles. The topological polar surface area (TPSA) is 82.4 Å². The van der Waals surface area contributed by atoms with Gasteiger partial charge in [0.05, 0.1) is 5.92 Å². The molecular formula is C29H30F3NO5. The third-order valence-corrected chi connectivity index (χ3v) is 7.46. The summed E-state index contributed by atoms with van der Waals surface area (Å²) in [6.45, 7) is 5.58. The summed E-state index contributed by atoms with van der Waals surface area (Å²) >= 11 is 0. The van der Waals surface area contributed by atoms with Crippen molar-refractivity contribution in [1.29, 1.82) is 0 Å². The van der Waals surface area contributed by atoms with Gasteiger partial charge in [-0.25, -0.2) is 0 Å². The van der Waals surface area contributed by atoms with E-state index in [0.29, 0.717) is 23.8 Å². The van der Waals surface area contributed by atoms with Crippen LogP contribution in [-0.2, 0) is 5.60 Å². The third-order valence-electron chi connectivity index (χ3n) is 7.46. The Morgan fingerprint density at radius 1 is 0.974 bits per heavy atom. The second kappa shape index (κ2) is 10.0. The normalized spacial score (nSPS) is 25.6. The molecular weight excluding hydrogens is 499 g/mol. The number of aromatic hydroxyl groups is 2. The summed E-state index contributed by atoms with van der Waals surface area (Å²) in [7, 11) is 0. The van der Waals surface area contributed by atoms with Gasteiger partial charge in [0.25, 0.3) is 0 Å². The van der Waals surface area contributed by atoms with Gasteiger partial charge < -0.3 is 24.8 Å². The van der Waals surface area contributed by atoms with Crippen LogP contribution >= 0.6 is 0 Å². The molecule has 0 spiro atoms. The molecule has 5 rings (SSSR count). The molecule has 3 aromatic rings. The Bertz CT molecular complexity index is 1260. The minimum Gasteiger partial charge on any atom is -0.508 e. The largest absolute Gasteiger partial charge is 0.508 e.